The van der Waals surface area contributed by atoms with Gasteiger partial charge in [-0.1, -0.05) is 11.6 Å². The molecule has 0 amide bonds. The summed E-state index contributed by atoms with van der Waals surface area (Å²) in [4.78, 5) is 9.20. The fourth-order valence-electron chi connectivity index (χ4n) is 1.38. The Balaban J connectivity index is 3.64. The van der Waals surface area contributed by atoms with Crippen molar-refractivity contribution in [2.24, 2.45) is 0 Å². The van der Waals surface area contributed by atoms with Crippen LogP contribution < -0.4 is 0 Å². The Morgan fingerprint density at radius 1 is 1.05 bits per heavy atom. The lowest BCUT2D eigenvalue weighted by molar-refractivity contribution is -0.387. The van der Waals surface area contributed by atoms with Gasteiger partial charge in [0.1, 0.15) is 0 Å². The number of aliphatic hydroxyl groups is 1. The van der Waals surface area contributed by atoms with Gasteiger partial charge in [-0.3, -0.25) is 10.1 Å². The van der Waals surface area contributed by atoms with Gasteiger partial charge in [0.15, 0.2) is 0 Å². The van der Waals surface area contributed by atoms with E-state index in [1.807, 2.05) is 0 Å². The van der Waals surface area contributed by atoms with Crippen LogP contribution in [0.5, 0.6) is 0 Å². The van der Waals surface area contributed by atoms with Crippen LogP contribution in [0.3, 0.4) is 0 Å². The third kappa shape index (κ3) is 2.66. The molecule has 0 spiro atoms. The molecule has 1 aromatic carbocycles. The minimum Gasteiger partial charge on any atom is -0.369 e. The van der Waals surface area contributed by atoms with Crippen LogP contribution in [0.25, 0.3) is 0 Å². The Kier molecular flexibility index (Phi) is 3.94. The maximum Gasteiger partial charge on any atom is 0.430 e. The normalized spacial score (nSPS) is 13.4. The summed E-state index contributed by atoms with van der Waals surface area (Å²) in [6, 6.07) is 0.681. The van der Waals surface area contributed by atoms with Crippen LogP contribution in [-0.2, 0) is 5.60 Å². The Morgan fingerprint density at radius 3 is 1.85 bits per heavy atom. The third-order valence-electron chi connectivity index (χ3n) is 2.33. The second-order valence-electron chi connectivity index (χ2n) is 3.66. The first-order chi connectivity index (χ1) is 8.80. The Morgan fingerprint density at radius 2 is 1.50 bits per heavy atom. The molecular formula is C9H4ClF6NO3. The van der Waals surface area contributed by atoms with Crippen molar-refractivity contribution >= 4 is 17.3 Å². The number of hydrogen-bond donors (Lipinski definition) is 1. The van der Waals surface area contributed by atoms with Gasteiger partial charge in [0.25, 0.3) is 11.3 Å². The van der Waals surface area contributed by atoms with E-state index in [0.717, 1.165) is 0 Å². The van der Waals surface area contributed by atoms with Gasteiger partial charge in [0.2, 0.25) is 0 Å². The lowest BCUT2D eigenvalue weighted by Crippen LogP contribution is -2.53. The molecule has 0 heterocycles. The Labute approximate surface area is 111 Å². The summed E-state index contributed by atoms with van der Waals surface area (Å²) >= 11 is 5.25. The van der Waals surface area contributed by atoms with Gasteiger partial charge in [-0.05, 0) is 6.07 Å². The zero-order valence-corrected chi connectivity index (χ0v) is 9.84. The first-order valence-electron chi connectivity index (χ1n) is 4.62. The Hall–Kier alpha value is -1.55. The largest absolute Gasteiger partial charge is 0.430 e. The number of nitro groups is 1. The fraction of sp³-hybridized carbons (Fsp3) is 0.333. The summed E-state index contributed by atoms with van der Waals surface area (Å²) in [5.74, 6) is 0. The minimum absolute atomic E-state index is 0.0349. The number of nitro benzene ring substituents is 1. The Bertz CT molecular complexity index is 527. The summed E-state index contributed by atoms with van der Waals surface area (Å²) in [7, 11) is 0. The second-order valence-corrected chi connectivity index (χ2v) is 4.10. The van der Waals surface area contributed by atoms with E-state index in [9.17, 15) is 36.5 Å². The summed E-state index contributed by atoms with van der Waals surface area (Å²) in [6.07, 6.45) is -12.3. The zero-order chi connectivity index (χ0) is 15.9. The van der Waals surface area contributed by atoms with Gasteiger partial charge < -0.3 is 5.11 Å². The van der Waals surface area contributed by atoms with E-state index >= 15 is 0 Å². The van der Waals surface area contributed by atoms with Gasteiger partial charge in [-0.2, -0.15) is 26.3 Å². The highest BCUT2D eigenvalue weighted by atomic mass is 35.5. The first kappa shape index (κ1) is 16.5. The highest BCUT2D eigenvalue weighted by Crippen LogP contribution is 2.50. The van der Waals surface area contributed by atoms with E-state index < -0.39 is 39.2 Å². The molecule has 0 atom stereocenters. The molecule has 1 N–H and O–H groups in total. The number of benzene rings is 1. The van der Waals surface area contributed by atoms with Gasteiger partial charge in [0, 0.05) is 22.7 Å². The second kappa shape index (κ2) is 4.77. The predicted octanol–water partition coefficient (Wildman–Crippen LogP) is 3.56. The SMILES string of the molecule is O=[N+]([O-])c1cc(Cl)cc(C(O)(C(F)(F)F)C(F)(F)F)c1. The smallest absolute Gasteiger partial charge is 0.369 e. The monoisotopic (exact) mass is 323 g/mol. The van der Waals surface area contributed by atoms with Crippen molar-refractivity contribution in [1.29, 1.82) is 0 Å². The molecule has 11 heteroatoms. The fourth-order valence-corrected chi connectivity index (χ4v) is 1.61. The van der Waals surface area contributed by atoms with Crippen LogP contribution in [0.2, 0.25) is 5.02 Å². The van der Waals surface area contributed by atoms with E-state index in [2.05, 4.69) is 0 Å². The van der Waals surface area contributed by atoms with Crippen LogP contribution in [0.4, 0.5) is 32.0 Å². The van der Waals surface area contributed by atoms with E-state index in [0.29, 0.717) is 6.07 Å². The van der Waals surface area contributed by atoms with Crippen LogP contribution in [0, 0.1) is 10.1 Å². The third-order valence-corrected chi connectivity index (χ3v) is 2.55. The molecule has 112 valence electrons. The van der Waals surface area contributed by atoms with Gasteiger partial charge >= 0.3 is 12.4 Å². The molecule has 0 fully saturated rings. The van der Waals surface area contributed by atoms with Gasteiger partial charge in [0.05, 0.1) is 4.92 Å². The zero-order valence-electron chi connectivity index (χ0n) is 9.09. The number of alkyl halides is 6. The van der Waals surface area contributed by atoms with Crippen molar-refractivity contribution < 1.29 is 36.4 Å². The molecule has 0 radical (unpaired) electrons. The van der Waals surface area contributed by atoms with Crippen LogP contribution in [-0.4, -0.2) is 22.4 Å². The summed E-state index contributed by atoms with van der Waals surface area (Å²) in [6.45, 7) is 0. The molecular weight excluding hydrogens is 320 g/mol. The van der Waals surface area contributed by atoms with Crippen molar-refractivity contribution in [2.75, 3.05) is 0 Å². The number of non-ortho nitro benzene ring substituents is 1. The molecule has 20 heavy (non-hydrogen) atoms. The molecule has 0 saturated carbocycles. The summed E-state index contributed by atoms with van der Waals surface area (Å²) in [5.41, 5.74) is -8.15. The van der Waals surface area contributed by atoms with Crippen molar-refractivity contribution in [1.82, 2.24) is 0 Å². The van der Waals surface area contributed by atoms with Crippen LogP contribution in [0.15, 0.2) is 18.2 Å². The molecule has 0 aliphatic heterocycles. The van der Waals surface area contributed by atoms with E-state index in [4.69, 9.17) is 16.7 Å². The topological polar surface area (TPSA) is 63.4 Å². The average molecular weight is 324 g/mol. The first-order valence-corrected chi connectivity index (χ1v) is 5.00. The van der Waals surface area contributed by atoms with Gasteiger partial charge in [-0.25, -0.2) is 0 Å². The van der Waals surface area contributed by atoms with Crippen molar-refractivity contribution in [3.8, 4) is 0 Å². The molecule has 0 unspecified atom stereocenters. The highest BCUT2D eigenvalue weighted by molar-refractivity contribution is 6.30. The van der Waals surface area contributed by atoms with Gasteiger partial charge in [-0.15, -0.1) is 0 Å². The molecule has 1 aromatic rings. The lowest BCUT2D eigenvalue weighted by Gasteiger charge is -2.32. The maximum absolute atomic E-state index is 12.6. The molecule has 0 aliphatic carbocycles. The molecule has 0 bridgehead atoms. The van der Waals surface area contributed by atoms with Crippen LogP contribution >= 0.6 is 11.6 Å². The quantitative estimate of drug-likeness (QED) is 0.514. The number of rotatable bonds is 2. The van der Waals surface area contributed by atoms with Crippen LogP contribution in [0.1, 0.15) is 5.56 Å². The van der Waals surface area contributed by atoms with E-state index in [1.165, 1.54) is 0 Å². The number of nitrogens with zero attached hydrogens (tertiary/aromatic N) is 1. The van der Waals surface area contributed by atoms with Crippen molar-refractivity contribution in [3.63, 3.8) is 0 Å². The minimum atomic E-state index is -6.14. The highest BCUT2D eigenvalue weighted by Gasteiger charge is 2.71. The molecule has 0 aromatic heterocycles. The standard InChI is InChI=1S/C9H4ClF6NO3/c10-5-1-4(2-6(3-5)17(19)20)7(18,8(11,12)13)9(14,15)16/h1-3,18H. The van der Waals surface area contributed by atoms with Crippen molar-refractivity contribution in [3.05, 3.63) is 38.9 Å². The van der Waals surface area contributed by atoms with Crippen molar-refractivity contribution in [2.45, 2.75) is 18.0 Å². The average Bonchev–Trinajstić information content (AvgIpc) is 2.23. The van der Waals surface area contributed by atoms with E-state index in [1.54, 1.807) is 0 Å². The predicted molar refractivity (Wildman–Crippen MR) is 54.1 cm³/mol. The maximum atomic E-state index is 12.6. The molecule has 4 nitrogen and oxygen atoms in total. The van der Waals surface area contributed by atoms with E-state index in [-0.39, 0.29) is 12.1 Å². The summed E-state index contributed by atoms with van der Waals surface area (Å²) in [5, 5.41) is 18.7. The lowest BCUT2D eigenvalue weighted by atomic mass is 9.92. The number of halogens is 7. The molecule has 0 aliphatic rings. The molecule has 0 saturated heterocycles. The molecule has 1 rings (SSSR count). The summed E-state index contributed by atoms with van der Waals surface area (Å²) < 4.78 is 75.4. The number of hydrogen-bond acceptors (Lipinski definition) is 3.